The molecule has 3 aromatic rings. The van der Waals surface area contributed by atoms with E-state index in [1.54, 1.807) is 19.1 Å². The maximum Gasteiger partial charge on any atom is 0.223 e. The zero-order valence-electron chi connectivity index (χ0n) is 21.8. The van der Waals surface area contributed by atoms with E-state index in [0.29, 0.717) is 30.3 Å². The number of nitrogens with one attached hydrogen (secondary N) is 1. The first-order chi connectivity index (χ1) is 18.2. The number of anilines is 1. The lowest BCUT2D eigenvalue weighted by molar-refractivity contribution is -0.129. The van der Waals surface area contributed by atoms with Crippen LogP contribution in [0.3, 0.4) is 0 Å². The average molecular weight is 513 g/mol. The van der Waals surface area contributed by atoms with E-state index in [1.165, 1.54) is 17.7 Å². The van der Waals surface area contributed by atoms with E-state index in [2.05, 4.69) is 15.1 Å². The molecule has 1 heterocycles. The summed E-state index contributed by atoms with van der Waals surface area (Å²) in [4.78, 5) is 33.2. The molecule has 3 atom stereocenters. The minimum atomic E-state index is -0.525. The van der Waals surface area contributed by atoms with E-state index in [4.69, 9.17) is 12.3 Å². The number of hydrogen-bond acceptors (Lipinski definition) is 4. The van der Waals surface area contributed by atoms with Gasteiger partial charge in [0.1, 0.15) is 11.6 Å². The summed E-state index contributed by atoms with van der Waals surface area (Å²) in [5.74, 6) is 0.321. The number of Topliss-reactive ketones (excluding diaryl/α,β-unsaturated/α-hetero) is 1. The van der Waals surface area contributed by atoms with Crippen LogP contribution >= 0.6 is 0 Å². The van der Waals surface area contributed by atoms with Gasteiger partial charge in [0.15, 0.2) is 11.5 Å². The quantitative estimate of drug-likeness (QED) is 0.345. The first-order valence-electron chi connectivity index (χ1n) is 13.0. The van der Waals surface area contributed by atoms with Gasteiger partial charge in [0.2, 0.25) is 5.91 Å². The minimum Gasteiger partial charge on any atom is -0.384 e. The number of carbonyl (C=O) groups excluding carboxylic acids is 2. The SMILES string of the molecule is [C-]#[N+]c1cc(F)ccc1-c1ccc(C[C@@H]2CC[C@@H](C(=O)N[C@@H](C)C(=O)CCc3ccc(N)nc3C)C2)cc1. The van der Waals surface area contributed by atoms with Crippen molar-refractivity contribution in [2.45, 2.75) is 58.4 Å². The highest BCUT2D eigenvalue weighted by molar-refractivity contribution is 5.89. The third-order valence-electron chi connectivity index (χ3n) is 7.48. The predicted octanol–water partition coefficient (Wildman–Crippen LogP) is 5.99. The largest absolute Gasteiger partial charge is 0.384 e. The van der Waals surface area contributed by atoms with Crippen molar-refractivity contribution in [3.05, 3.63) is 88.7 Å². The van der Waals surface area contributed by atoms with Crippen LogP contribution in [0.2, 0.25) is 0 Å². The molecule has 1 aromatic heterocycles. The number of nitrogens with two attached hydrogens (primary N) is 1. The number of pyridine rings is 1. The number of carbonyl (C=O) groups is 2. The smallest absolute Gasteiger partial charge is 0.223 e. The Kier molecular flexibility index (Phi) is 8.52. The standard InChI is InChI=1S/C31H33FN4O2/c1-19-23(11-15-30(33)35-19)10-14-29(37)20(2)36-31(38)25-9-6-22(17-25)16-21-4-7-24(8-5-21)27-13-12-26(32)18-28(27)34-3/h4-5,7-8,11-13,15,18,20,22,25H,6,9-10,14,16-17H2,1-2H3,(H2,33,35)(H,36,38)/t20-,22-,25+/m0/s1. The van der Waals surface area contributed by atoms with Crippen LogP contribution in [0.25, 0.3) is 16.0 Å². The van der Waals surface area contributed by atoms with Crippen LogP contribution in [-0.4, -0.2) is 22.7 Å². The van der Waals surface area contributed by atoms with E-state index in [0.717, 1.165) is 48.1 Å². The van der Waals surface area contributed by atoms with Crippen molar-refractivity contribution in [2.75, 3.05) is 5.73 Å². The Labute approximate surface area is 223 Å². The van der Waals surface area contributed by atoms with Crippen LogP contribution in [0.1, 0.15) is 49.4 Å². The maximum atomic E-state index is 13.5. The van der Waals surface area contributed by atoms with Crippen molar-refractivity contribution in [1.29, 1.82) is 0 Å². The molecule has 0 saturated heterocycles. The zero-order chi connectivity index (χ0) is 27.2. The Morgan fingerprint density at radius 1 is 1.16 bits per heavy atom. The van der Waals surface area contributed by atoms with E-state index in [-0.39, 0.29) is 17.6 Å². The Bertz CT molecular complexity index is 1360. The fourth-order valence-electron chi connectivity index (χ4n) is 5.25. The highest BCUT2D eigenvalue weighted by Crippen LogP contribution is 2.35. The van der Waals surface area contributed by atoms with Gasteiger partial charge in [0.05, 0.1) is 12.6 Å². The summed E-state index contributed by atoms with van der Waals surface area (Å²) in [6.07, 6.45) is 4.35. The van der Waals surface area contributed by atoms with Gasteiger partial charge in [-0.1, -0.05) is 36.4 Å². The molecule has 0 bridgehead atoms. The number of hydrogen-bond donors (Lipinski definition) is 2. The lowest BCUT2D eigenvalue weighted by Gasteiger charge is -2.17. The topological polar surface area (TPSA) is 89.4 Å². The molecule has 4 rings (SSSR count). The van der Waals surface area contributed by atoms with E-state index in [1.807, 2.05) is 37.3 Å². The number of aromatic nitrogens is 1. The van der Waals surface area contributed by atoms with Gasteiger partial charge in [-0.15, -0.1) is 0 Å². The molecule has 6 nitrogen and oxygen atoms in total. The van der Waals surface area contributed by atoms with Crippen molar-refractivity contribution in [3.8, 4) is 11.1 Å². The van der Waals surface area contributed by atoms with Gasteiger partial charge in [-0.05, 0) is 92.3 Å². The lowest BCUT2D eigenvalue weighted by Crippen LogP contribution is -2.41. The molecule has 3 N–H and O–H groups in total. The molecule has 0 radical (unpaired) electrons. The molecule has 196 valence electrons. The van der Waals surface area contributed by atoms with Crippen LogP contribution in [0, 0.1) is 31.1 Å². The van der Waals surface area contributed by atoms with Crippen LogP contribution in [0.4, 0.5) is 15.9 Å². The summed E-state index contributed by atoms with van der Waals surface area (Å²) in [7, 11) is 0. The molecular weight excluding hydrogens is 479 g/mol. The normalized spacial score (nSPS) is 17.5. The first-order valence-corrected chi connectivity index (χ1v) is 13.0. The van der Waals surface area contributed by atoms with E-state index in [9.17, 15) is 14.0 Å². The Hall–Kier alpha value is -4.05. The lowest BCUT2D eigenvalue weighted by atomic mass is 9.94. The van der Waals surface area contributed by atoms with Gasteiger partial charge in [-0.3, -0.25) is 9.59 Å². The summed E-state index contributed by atoms with van der Waals surface area (Å²) in [5.41, 5.74) is 10.6. The molecule has 1 aliphatic rings. The molecule has 0 unspecified atom stereocenters. The monoisotopic (exact) mass is 512 g/mol. The molecule has 38 heavy (non-hydrogen) atoms. The molecular formula is C31H33FN4O2. The molecule has 1 saturated carbocycles. The summed E-state index contributed by atoms with van der Waals surface area (Å²) in [5, 5.41) is 2.93. The van der Waals surface area contributed by atoms with Crippen LogP contribution in [-0.2, 0) is 22.4 Å². The third-order valence-corrected chi connectivity index (χ3v) is 7.48. The maximum absolute atomic E-state index is 13.5. The Balaban J connectivity index is 1.26. The second-order valence-corrected chi connectivity index (χ2v) is 10.2. The second kappa shape index (κ2) is 12.0. The number of halogens is 1. The van der Waals surface area contributed by atoms with Crippen molar-refractivity contribution in [1.82, 2.24) is 10.3 Å². The summed E-state index contributed by atoms with van der Waals surface area (Å²) in [6.45, 7) is 10.9. The molecule has 7 heteroatoms. The van der Waals surface area contributed by atoms with E-state index < -0.39 is 11.9 Å². The summed E-state index contributed by atoms with van der Waals surface area (Å²) < 4.78 is 13.5. The number of rotatable bonds is 9. The van der Waals surface area contributed by atoms with Crippen molar-refractivity contribution in [2.24, 2.45) is 11.8 Å². The molecule has 1 fully saturated rings. The molecule has 0 spiro atoms. The summed E-state index contributed by atoms with van der Waals surface area (Å²) in [6, 6.07) is 15.4. The minimum absolute atomic E-state index is 0.00624. The van der Waals surface area contributed by atoms with E-state index >= 15 is 0 Å². The van der Waals surface area contributed by atoms with Crippen LogP contribution < -0.4 is 11.1 Å². The highest BCUT2D eigenvalue weighted by atomic mass is 19.1. The molecule has 1 aliphatic carbocycles. The number of benzene rings is 2. The molecule has 0 aliphatic heterocycles. The third kappa shape index (κ3) is 6.63. The van der Waals surface area contributed by atoms with Crippen molar-refractivity contribution >= 4 is 23.2 Å². The van der Waals surface area contributed by atoms with Crippen LogP contribution in [0.5, 0.6) is 0 Å². The number of ketones is 1. The highest BCUT2D eigenvalue weighted by Gasteiger charge is 2.31. The fourth-order valence-corrected chi connectivity index (χ4v) is 5.25. The first kappa shape index (κ1) is 27.0. The van der Waals surface area contributed by atoms with Crippen molar-refractivity contribution < 1.29 is 14.0 Å². The van der Waals surface area contributed by atoms with Gasteiger partial charge in [-0.2, -0.15) is 0 Å². The van der Waals surface area contributed by atoms with Crippen LogP contribution in [0.15, 0.2) is 54.6 Å². The van der Waals surface area contributed by atoms with Gasteiger partial charge in [0, 0.05) is 18.0 Å². The number of aryl methyl sites for hydroxylation is 2. The summed E-state index contributed by atoms with van der Waals surface area (Å²) >= 11 is 0. The van der Waals surface area contributed by atoms with Crippen molar-refractivity contribution in [3.63, 3.8) is 0 Å². The predicted molar refractivity (Wildman–Crippen MR) is 147 cm³/mol. The van der Waals surface area contributed by atoms with Gasteiger partial charge in [-0.25, -0.2) is 14.2 Å². The van der Waals surface area contributed by atoms with Gasteiger partial charge >= 0.3 is 0 Å². The van der Waals surface area contributed by atoms with Gasteiger partial charge in [0.25, 0.3) is 0 Å². The Morgan fingerprint density at radius 2 is 1.92 bits per heavy atom. The molecule has 2 aromatic carbocycles. The van der Waals surface area contributed by atoms with Gasteiger partial charge < -0.3 is 11.1 Å². The molecule has 1 amide bonds. The second-order valence-electron chi connectivity index (χ2n) is 10.2. The number of amides is 1. The zero-order valence-corrected chi connectivity index (χ0v) is 21.8. The number of nitrogens with zero attached hydrogens (tertiary/aromatic N) is 2. The Morgan fingerprint density at radius 3 is 2.63 bits per heavy atom. The number of nitrogen functional groups attached to an aromatic ring is 1. The fraction of sp³-hybridized carbons (Fsp3) is 0.355. The average Bonchev–Trinajstić information content (AvgIpc) is 3.37.